The standard InChI is InChI=1S/C13H10ClN7O.Na.H/c14-8-5-10(7-1-3-9(15)4-2-7)16-11(6-8)12(22)17-13-18-20-21-19-13;;/h1-6H,15H2,(H2,17,18,19,20,21,22);;. The second kappa shape index (κ2) is 7.51. The zero-order valence-electron chi connectivity index (χ0n) is 11.1. The fraction of sp³-hybridized carbons (Fsp3) is 0. The predicted molar refractivity (Wildman–Crippen MR) is 88.4 cm³/mol. The molecule has 4 N–H and O–H groups in total. The Morgan fingerprint density at radius 3 is 2.61 bits per heavy atom. The van der Waals surface area contributed by atoms with Crippen LogP contribution in [0.5, 0.6) is 0 Å². The Morgan fingerprint density at radius 2 is 1.96 bits per heavy atom. The molecule has 0 spiro atoms. The molecule has 0 unspecified atom stereocenters. The number of halogens is 1. The van der Waals surface area contributed by atoms with Crippen LogP contribution in [0.4, 0.5) is 11.6 Å². The number of H-pyrrole nitrogens is 1. The number of benzene rings is 1. The summed E-state index contributed by atoms with van der Waals surface area (Å²) in [5, 5.41) is 15.6. The number of aromatic nitrogens is 5. The van der Waals surface area contributed by atoms with Crippen LogP contribution < -0.4 is 11.1 Å². The van der Waals surface area contributed by atoms with Crippen LogP contribution in [0.15, 0.2) is 36.4 Å². The molecule has 23 heavy (non-hydrogen) atoms. The third-order valence-corrected chi connectivity index (χ3v) is 3.02. The van der Waals surface area contributed by atoms with Crippen LogP contribution in [0.3, 0.4) is 0 Å². The minimum absolute atomic E-state index is 0. The summed E-state index contributed by atoms with van der Waals surface area (Å²) in [4.78, 5) is 16.4. The van der Waals surface area contributed by atoms with E-state index in [1.807, 2.05) is 0 Å². The van der Waals surface area contributed by atoms with Crippen LogP contribution in [0.1, 0.15) is 10.5 Å². The van der Waals surface area contributed by atoms with Gasteiger partial charge in [-0.25, -0.2) is 10.1 Å². The molecule has 0 aliphatic carbocycles. The van der Waals surface area contributed by atoms with E-state index in [2.05, 4.69) is 30.9 Å². The second-order valence-electron chi connectivity index (χ2n) is 4.38. The molecule has 1 aromatic carbocycles. The molecule has 3 rings (SSSR count). The minimum atomic E-state index is -0.474. The number of rotatable bonds is 3. The normalized spacial score (nSPS) is 9.96. The van der Waals surface area contributed by atoms with Gasteiger partial charge in [-0.3, -0.25) is 10.1 Å². The average Bonchev–Trinajstić information content (AvgIpc) is 3.00. The van der Waals surface area contributed by atoms with E-state index >= 15 is 0 Å². The molecule has 0 aliphatic heterocycles. The van der Waals surface area contributed by atoms with Crippen molar-refractivity contribution in [2.45, 2.75) is 0 Å². The first-order valence-electron chi connectivity index (χ1n) is 6.20. The Hall–Kier alpha value is -2.00. The predicted octanol–water partition coefficient (Wildman–Crippen LogP) is 1.10. The number of hydrogen-bond acceptors (Lipinski definition) is 6. The van der Waals surface area contributed by atoms with Crippen molar-refractivity contribution in [3.63, 3.8) is 0 Å². The third kappa shape index (κ3) is 4.26. The van der Waals surface area contributed by atoms with Crippen molar-refractivity contribution in [2.75, 3.05) is 11.1 Å². The van der Waals surface area contributed by atoms with Crippen molar-refractivity contribution in [3.8, 4) is 11.3 Å². The molecule has 8 nitrogen and oxygen atoms in total. The number of nitrogen functional groups attached to an aromatic ring is 1. The Balaban J connectivity index is 0.00000192. The Morgan fingerprint density at radius 1 is 1.22 bits per heavy atom. The fourth-order valence-electron chi connectivity index (χ4n) is 1.80. The molecule has 0 atom stereocenters. The van der Waals surface area contributed by atoms with E-state index in [-0.39, 0.29) is 41.2 Å². The van der Waals surface area contributed by atoms with E-state index in [4.69, 9.17) is 17.3 Å². The van der Waals surface area contributed by atoms with Gasteiger partial charge in [-0.1, -0.05) is 28.8 Å². The van der Waals surface area contributed by atoms with Crippen LogP contribution in [-0.4, -0.2) is 61.1 Å². The van der Waals surface area contributed by atoms with Crippen molar-refractivity contribution < 1.29 is 4.79 Å². The van der Waals surface area contributed by atoms with Gasteiger partial charge < -0.3 is 5.73 Å². The van der Waals surface area contributed by atoms with Gasteiger partial charge in [0.1, 0.15) is 5.69 Å². The molecule has 3 aromatic rings. The van der Waals surface area contributed by atoms with E-state index in [0.29, 0.717) is 16.4 Å². The van der Waals surface area contributed by atoms with Crippen molar-refractivity contribution in [3.05, 3.63) is 47.1 Å². The first kappa shape index (κ1) is 17.4. The Kier molecular flexibility index (Phi) is 5.67. The van der Waals surface area contributed by atoms with Crippen molar-refractivity contribution in [2.24, 2.45) is 0 Å². The van der Waals surface area contributed by atoms with E-state index in [9.17, 15) is 4.79 Å². The molecule has 1 amide bonds. The summed E-state index contributed by atoms with van der Waals surface area (Å²) in [5.41, 5.74) is 7.81. The van der Waals surface area contributed by atoms with Crippen LogP contribution in [-0.2, 0) is 0 Å². The number of nitrogens with zero attached hydrogens (tertiary/aromatic N) is 4. The number of tetrazole rings is 1. The van der Waals surface area contributed by atoms with Crippen LogP contribution >= 0.6 is 11.6 Å². The summed E-state index contributed by atoms with van der Waals surface area (Å²) in [5.74, 6) is -0.349. The van der Waals surface area contributed by atoms with Crippen molar-refractivity contribution >= 4 is 58.7 Å². The summed E-state index contributed by atoms with van der Waals surface area (Å²) < 4.78 is 0. The molecule has 2 aromatic heterocycles. The number of nitrogens with one attached hydrogen (secondary N) is 2. The number of amides is 1. The molecular weight excluding hydrogens is 329 g/mol. The molecule has 10 heteroatoms. The van der Waals surface area contributed by atoms with Gasteiger partial charge >= 0.3 is 29.6 Å². The number of aromatic amines is 1. The number of pyridine rings is 1. The summed E-state index contributed by atoms with van der Waals surface area (Å²) in [7, 11) is 0. The van der Waals surface area contributed by atoms with Gasteiger partial charge in [0.05, 0.1) is 5.69 Å². The van der Waals surface area contributed by atoms with Crippen LogP contribution in [0, 0.1) is 0 Å². The van der Waals surface area contributed by atoms with E-state index in [0.717, 1.165) is 5.56 Å². The molecule has 0 saturated heterocycles. The SMILES string of the molecule is Nc1ccc(-c2cc(Cl)cc(C(=O)Nc3nnn[nH]3)n2)cc1.[NaH]. The first-order chi connectivity index (χ1) is 10.6. The van der Waals surface area contributed by atoms with Gasteiger partial charge in [0, 0.05) is 16.3 Å². The van der Waals surface area contributed by atoms with Gasteiger partial charge in [0.15, 0.2) is 0 Å². The topological polar surface area (TPSA) is 122 Å². The number of carbonyl (C=O) groups excluding carboxylic acids is 1. The zero-order chi connectivity index (χ0) is 15.5. The Bertz CT molecular complexity index is 808. The van der Waals surface area contributed by atoms with Crippen LogP contribution in [0.2, 0.25) is 5.02 Å². The molecule has 0 fully saturated rings. The molecule has 0 bridgehead atoms. The molecule has 0 radical (unpaired) electrons. The third-order valence-electron chi connectivity index (χ3n) is 2.81. The molecule has 0 aliphatic rings. The number of anilines is 2. The van der Waals surface area contributed by atoms with E-state index in [1.54, 1.807) is 30.3 Å². The fourth-order valence-corrected chi connectivity index (χ4v) is 2.01. The first-order valence-corrected chi connectivity index (χ1v) is 6.58. The van der Waals surface area contributed by atoms with Gasteiger partial charge in [-0.2, -0.15) is 0 Å². The maximum absolute atomic E-state index is 12.1. The summed E-state index contributed by atoms with van der Waals surface area (Å²) in [6.45, 7) is 0. The molecule has 0 saturated carbocycles. The number of hydrogen-bond donors (Lipinski definition) is 3. The summed E-state index contributed by atoms with van der Waals surface area (Å²) in [6, 6.07) is 10.2. The monoisotopic (exact) mass is 339 g/mol. The van der Waals surface area contributed by atoms with Crippen molar-refractivity contribution in [1.29, 1.82) is 0 Å². The summed E-state index contributed by atoms with van der Waals surface area (Å²) >= 11 is 6.06. The van der Waals surface area contributed by atoms with E-state index in [1.165, 1.54) is 6.07 Å². The van der Waals surface area contributed by atoms with Gasteiger partial charge in [0.25, 0.3) is 5.91 Å². The molecular formula is C13H11ClN7NaO. The van der Waals surface area contributed by atoms with Crippen molar-refractivity contribution in [1.82, 2.24) is 25.6 Å². The zero-order valence-corrected chi connectivity index (χ0v) is 11.9. The van der Waals surface area contributed by atoms with E-state index < -0.39 is 5.91 Å². The average molecular weight is 340 g/mol. The second-order valence-corrected chi connectivity index (χ2v) is 4.82. The maximum atomic E-state index is 12.1. The number of carbonyl (C=O) groups is 1. The van der Waals surface area contributed by atoms with Gasteiger partial charge in [0.2, 0.25) is 5.95 Å². The summed E-state index contributed by atoms with van der Waals surface area (Å²) in [6.07, 6.45) is 0. The number of nitrogens with two attached hydrogens (primary N) is 1. The van der Waals surface area contributed by atoms with Gasteiger partial charge in [-0.05, 0) is 34.7 Å². The molecule has 112 valence electrons. The van der Waals surface area contributed by atoms with Crippen LogP contribution in [0.25, 0.3) is 11.3 Å². The Labute approximate surface area is 158 Å². The van der Waals surface area contributed by atoms with Gasteiger partial charge in [-0.15, -0.1) is 0 Å². The molecule has 2 heterocycles. The quantitative estimate of drug-likeness (QED) is 0.485.